The quantitative estimate of drug-likeness (QED) is 0.801. The highest BCUT2D eigenvalue weighted by Crippen LogP contribution is 2.41. The molecular formula is C20H25N3O4. The van der Waals surface area contributed by atoms with E-state index in [0.29, 0.717) is 31.0 Å². The highest BCUT2D eigenvalue weighted by atomic mass is 16.5. The third kappa shape index (κ3) is 4.67. The van der Waals surface area contributed by atoms with Gasteiger partial charge in [-0.25, -0.2) is 4.98 Å². The van der Waals surface area contributed by atoms with Gasteiger partial charge in [0, 0.05) is 36.8 Å². The van der Waals surface area contributed by atoms with E-state index in [9.17, 15) is 9.59 Å². The van der Waals surface area contributed by atoms with Crippen molar-refractivity contribution in [2.24, 2.45) is 0 Å². The molecule has 0 unspecified atom stereocenters. The number of para-hydroxylation sites is 1. The minimum Gasteiger partial charge on any atom is -0.483 e. The zero-order valence-corrected chi connectivity index (χ0v) is 15.9. The van der Waals surface area contributed by atoms with Crippen molar-refractivity contribution in [2.45, 2.75) is 45.8 Å². The molecule has 0 spiro atoms. The van der Waals surface area contributed by atoms with Crippen molar-refractivity contribution >= 4 is 5.91 Å². The van der Waals surface area contributed by atoms with Crippen LogP contribution in [0.5, 0.6) is 11.5 Å². The van der Waals surface area contributed by atoms with Gasteiger partial charge in [0.2, 0.25) is 0 Å². The van der Waals surface area contributed by atoms with Crippen molar-refractivity contribution in [2.75, 3.05) is 13.2 Å². The van der Waals surface area contributed by atoms with Crippen molar-refractivity contribution in [1.29, 1.82) is 0 Å². The van der Waals surface area contributed by atoms with Crippen LogP contribution in [0.15, 0.2) is 35.4 Å². The first kappa shape index (κ1) is 18.9. The molecule has 0 radical (unpaired) electrons. The molecule has 2 heterocycles. The summed E-state index contributed by atoms with van der Waals surface area (Å²) in [6.07, 6.45) is 3.04. The third-order valence-electron chi connectivity index (χ3n) is 4.39. The summed E-state index contributed by atoms with van der Waals surface area (Å²) < 4.78 is 13.0. The predicted molar refractivity (Wildman–Crippen MR) is 101 cm³/mol. The van der Waals surface area contributed by atoms with Gasteiger partial charge in [0.25, 0.3) is 11.5 Å². The summed E-state index contributed by atoms with van der Waals surface area (Å²) in [5.41, 5.74) is 1.46. The van der Waals surface area contributed by atoms with Crippen LogP contribution in [-0.2, 0) is 24.2 Å². The second-order valence-corrected chi connectivity index (χ2v) is 7.19. The normalized spacial score (nSPS) is 14.3. The molecule has 7 heteroatoms. The van der Waals surface area contributed by atoms with E-state index in [0.717, 1.165) is 17.7 Å². The Kier molecular flexibility index (Phi) is 5.48. The van der Waals surface area contributed by atoms with Gasteiger partial charge in [-0.05, 0) is 26.3 Å². The number of hydrogen-bond donors (Lipinski definition) is 1. The average molecular weight is 371 g/mol. The molecule has 2 aromatic rings. The SMILES string of the molecule is CCc1cc(=O)n(CCNC(=O)COc2cccc3c2OC(C)(C)C3)cn1. The lowest BCUT2D eigenvalue weighted by molar-refractivity contribution is -0.123. The molecule has 1 N–H and O–H groups in total. The summed E-state index contributed by atoms with van der Waals surface area (Å²) in [4.78, 5) is 28.1. The zero-order chi connectivity index (χ0) is 19.4. The number of aryl methyl sites for hydroxylation is 1. The fourth-order valence-electron chi connectivity index (χ4n) is 3.04. The Morgan fingerprint density at radius 1 is 1.41 bits per heavy atom. The van der Waals surface area contributed by atoms with Crippen molar-refractivity contribution < 1.29 is 14.3 Å². The fraction of sp³-hybridized carbons (Fsp3) is 0.450. The van der Waals surface area contributed by atoms with Crippen LogP contribution in [-0.4, -0.2) is 34.2 Å². The van der Waals surface area contributed by atoms with E-state index < -0.39 is 0 Å². The number of rotatable bonds is 7. The Hall–Kier alpha value is -2.83. The van der Waals surface area contributed by atoms with Gasteiger partial charge >= 0.3 is 0 Å². The number of carbonyl (C=O) groups is 1. The minimum atomic E-state index is -0.265. The van der Waals surface area contributed by atoms with Gasteiger partial charge < -0.3 is 14.8 Å². The molecule has 0 aliphatic carbocycles. The van der Waals surface area contributed by atoms with E-state index in [1.807, 2.05) is 32.9 Å². The Balaban J connectivity index is 1.49. The number of carbonyl (C=O) groups excluding carboxylic acids is 1. The van der Waals surface area contributed by atoms with Crippen LogP contribution in [0, 0.1) is 0 Å². The molecule has 1 aliphatic rings. The number of amides is 1. The van der Waals surface area contributed by atoms with Gasteiger partial charge in [0.1, 0.15) is 5.60 Å². The maximum atomic E-state index is 12.0. The average Bonchev–Trinajstić information content (AvgIpc) is 2.95. The first-order chi connectivity index (χ1) is 12.9. The molecule has 144 valence electrons. The third-order valence-corrected chi connectivity index (χ3v) is 4.39. The number of nitrogens with zero attached hydrogens (tertiary/aromatic N) is 2. The van der Waals surface area contributed by atoms with E-state index in [1.54, 1.807) is 6.07 Å². The molecule has 0 atom stereocenters. The molecule has 1 amide bonds. The van der Waals surface area contributed by atoms with Gasteiger partial charge in [0.05, 0.1) is 6.33 Å². The lowest BCUT2D eigenvalue weighted by Crippen LogP contribution is -2.33. The molecule has 7 nitrogen and oxygen atoms in total. The van der Waals surface area contributed by atoms with Crippen LogP contribution in [0.4, 0.5) is 0 Å². The lowest BCUT2D eigenvalue weighted by Gasteiger charge is -2.18. The Morgan fingerprint density at radius 2 is 2.22 bits per heavy atom. The number of ether oxygens (including phenoxy) is 2. The zero-order valence-electron chi connectivity index (χ0n) is 15.9. The number of nitrogens with one attached hydrogen (secondary N) is 1. The van der Waals surface area contributed by atoms with Crippen molar-refractivity contribution in [3.63, 3.8) is 0 Å². The summed E-state index contributed by atoms with van der Waals surface area (Å²) in [6.45, 7) is 6.56. The largest absolute Gasteiger partial charge is 0.483 e. The molecule has 0 bridgehead atoms. The van der Waals surface area contributed by atoms with E-state index in [4.69, 9.17) is 9.47 Å². The number of benzene rings is 1. The van der Waals surface area contributed by atoms with E-state index in [2.05, 4.69) is 10.3 Å². The minimum absolute atomic E-state index is 0.109. The van der Waals surface area contributed by atoms with Crippen LogP contribution in [0.3, 0.4) is 0 Å². The van der Waals surface area contributed by atoms with Crippen LogP contribution >= 0.6 is 0 Å². The molecule has 3 rings (SSSR count). The Bertz CT molecular complexity index is 889. The first-order valence-corrected chi connectivity index (χ1v) is 9.14. The number of hydrogen-bond acceptors (Lipinski definition) is 5. The monoisotopic (exact) mass is 371 g/mol. The van der Waals surface area contributed by atoms with Crippen molar-refractivity contribution in [3.8, 4) is 11.5 Å². The number of aromatic nitrogens is 2. The second kappa shape index (κ2) is 7.82. The molecule has 0 saturated heterocycles. The maximum Gasteiger partial charge on any atom is 0.258 e. The van der Waals surface area contributed by atoms with Crippen molar-refractivity contribution in [3.05, 3.63) is 52.2 Å². The topological polar surface area (TPSA) is 82.5 Å². The van der Waals surface area contributed by atoms with Crippen LogP contribution < -0.4 is 20.3 Å². The van der Waals surface area contributed by atoms with Crippen LogP contribution in [0.1, 0.15) is 32.0 Å². The maximum absolute atomic E-state index is 12.0. The van der Waals surface area contributed by atoms with Gasteiger partial charge in [0.15, 0.2) is 18.1 Å². The fourth-order valence-corrected chi connectivity index (χ4v) is 3.04. The highest BCUT2D eigenvalue weighted by molar-refractivity contribution is 5.77. The summed E-state index contributed by atoms with van der Waals surface area (Å²) in [7, 11) is 0. The lowest BCUT2D eigenvalue weighted by atomic mass is 10.0. The molecule has 1 aromatic heterocycles. The highest BCUT2D eigenvalue weighted by Gasteiger charge is 2.32. The molecule has 0 fully saturated rings. The van der Waals surface area contributed by atoms with Crippen LogP contribution in [0.2, 0.25) is 0 Å². The van der Waals surface area contributed by atoms with Gasteiger partial charge in [-0.2, -0.15) is 0 Å². The summed E-state index contributed by atoms with van der Waals surface area (Å²) in [6, 6.07) is 7.22. The van der Waals surface area contributed by atoms with Gasteiger partial charge in [-0.3, -0.25) is 14.2 Å². The molecule has 1 aromatic carbocycles. The Labute approximate surface area is 158 Å². The summed E-state index contributed by atoms with van der Waals surface area (Å²) in [5, 5.41) is 2.75. The predicted octanol–water partition coefficient (Wildman–Crippen LogP) is 1.71. The summed E-state index contributed by atoms with van der Waals surface area (Å²) >= 11 is 0. The smallest absolute Gasteiger partial charge is 0.258 e. The van der Waals surface area contributed by atoms with E-state index in [-0.39, 0.29) is 23.7 Å². The Morgan fingerprint density at radius 3 is 2.96 bits per heavy atom. The van der Waals surface area contributed by atoms with Crippen molar-refractivity contribution in [1.82, 2.24) is 14.9 Å². The van der Waals surface area contributed by atoms with Gasteiger partial charge in [-0.1, -0.05) is 19.1 Å². The molecule has 1 aliphatic heterocycles. The molecule has 0 saturated carbocycles. The standard InChI is InChI=1S/C20H25N3O4/c1-4-15-10-18(25)23(13-22-15)9-8-21-17(24)12-26-16-7-5-6-14-11-20(2,3)27-19(14)16/h5-7,10,13H,4,8-9,11-12H2,1-3H3,(H,21,24). The summed E-state index contributed by atoms with van der Waals surface area (Å²) in [5.74, 6) is 1.03. The molecule has 27 heavy (non-hydrogen) atoms. The van der Waals surface area contributed by atoms with Crippen LogP contribution in [0.25, 0.3) is 0 Å². The van der Waals surface area contributed by atoms with Gasteiger partial charge in [-0.15, -0.1) is 0 Å². The van der Waals surface area contributed by atoms with E-state index in [1.165, 1.54) is 17.0 Å². The number of fused-ring (bicyclic) bond motifs is 1. The first-order valence-electron chi connectivity index (χ1n) is 9.14. The molecular weight excluding hydrogens is 346 g/mol. The van der Waals surface area contributed by atoms with E-state index >= 15 is 0 Å². The second-order valence-electron chi connectivity index (χ2n) is 7.19.